The van der Waals surface area contributed by atoms with Gasteiger partial charge in [0.1, 0.15) is 0 Å². The van der Waals surface area contributed by atoms with Crippen molar-refractivity contribution < 1.29 is 0 Å². The van der Waals surface area contributed by atoms with Crippen LogP contribution >= 0.6 is 0 Å². The van der Waals surface area contributed by atoms with Crippen LogP contribution in [0.2, 0.25) is 0 Å². The molecular formula is C6H14N. The van der Waals surface area contributed by atoms with Crippen LogP contribution in [-0.4, -0.2) is 6.04 Å². The summed E-state index contributed by atoms with van der Waals surface area (Å²) in [6, 6.07) is 0.625. The standard InChI is InChI=1S/C6H14N/c1-4-6(5-2)7-3/h6-7H,3-5H2,1-2H3. The van der Waals surface area contributed by atoms with Crippen LogP contribution in [0.4, 0.5) is 0 Å². The Labute approximate surface area is 46.1 Å². The lowest BCUT2D eigenvalue weighted by molar-refractivity contribution is 0.549. The van der Waals surface area contributed by atoms with Crippen molar-refractivity contribution >= 4 is 0 Å². The van der Waals surface area contributed by atoms with Crippen LogP contribution in [-0.2, 0) is 0 Å². The molecule has 1 heteroatoms. The summed E-state index contributed by atoms with van der Waals surface area (Å²) in [4.78, 5) is 0. The smallest absolute Gasteiger partial charge is 0.00794 e. The molecule has 0 aliphatic rings. The predicted octanol–water partition coefficient (Wildman–Crippen LogP) is 1.56. The molecule has 43 valence electrons. The number of rotatable bonds is 3. The lowest BCUT2D eigenvalue weighted by atomic mass is 10.2. The van der Waals surface area contributed by atoms with Crippen molar-refractivity contribution in [3.05, 3.63) is 7.05 Å². The zero-order valence-electron chi connectivity index (χ0n) is 5.20. The average molecular weight is 100 g/mol. The van der Waals surface area contributed by atoms with Gasteiger partial charge in [-0.1, -0.05) is 13.8 Å². The molecule has 0 fully saturated rings. The highest BCUT2D eigenvalue weighted by molar-refractivity contribution is 4.59. The van der Waals surface area contributed by atoms with E-state index in [1.807, 2.05) is 0 Å². The van der Waals surface area contributed by atoms with E-state index in [4.69, 9.17) is 0 Å². The Kier molecular flexibility index (Phi) is 4.10. The summed E-state index contributed by atoms with van der Waals surface area (Å²) in [7, 11) is 3.58. The van der Waals surface area contributed by atoms with E-state index < -0.39 is 0 Å². The lowest BCUT2D eigenvalue weighted by Gasteiger charge is -2.07. The molecule has 1 nitrogen and oxygen atoms in total. The fourth-order valence-corrected chi connectivity index (χ4v) is 0.577. The van der Waals surface area contributed by atoms with Crippen LogP contribution in [0, 0.1) is 7.05 Å². The summed E-state index contributed by atoms with van der Waals surface area (Å²) in [5.41, 5.74) is 0. The maximum Gasteiger partial charge on any atom is 0.00794 e. The number of nitrogens with one attached hydrogen (secondary N) is 1. The molecule has 0 unspecified atom stereocenters. The van der Waals surface area contributed by atoms with Gasteiger partial charge in [-0.2, -0.15) is 0 Å². The molecule has 0 aromatic carbocycles. The second-order valence-corrected chi connectivity index (χ2v) is 1.72. The molecule has 0 aromatic heterocycles. The van der Waals surface area contributed by atoms with Crippen molar-refractivity contribution in [1.82, 2.24) is 5.32 Å². The van der Waals surface area contributed by atoms with Gasteiger partial charge in [0.25, 0.3) is 0 Å². The fraction of sp³-hybridized carbons (Fsp3) is 0.833. The minimum atomic E-state index is 0.625. The molecule has 0 rings (SSSR count). The molecule has 0 spiro atoms. The lowest BCUT2D eigenvalue weighted by Crippen LogP contribution is -2.20. The zero-order valence-corrected chi connectivity index (χ0v) is 5.20. The first-order valence-corrected chi connectivity index (χ1v) is 2.87. The third-order valence-electron chi connectivity index (χ3n) is 1.27. The van der Waals surface area contributed by atoms with Crippen LogP contribution < -0.4 is 5.32 Å². The predicted molar refractivity (Wildman–Crippen MR) is 32.9 cm³/mol. The molecule has 0 heterocycles. The summed E-state index contributed by atoms with van der Waals surface area (Å²) >= 11 is 0. The van der Waals surface area contributed by atoms with Crippen molar-refractivity contribution in [1.29, 1.82) is 0 Å². The van der Waals surface area contributed by atoms with Crippen molar-refractivity contribution in [3.63, 3.8) is 0 Å². The quantitative estimate of drug-likeness (QED) is 0.567. The molecule has 0 saturated heterocycles. The Morgan fingerprint density at radius 3 is 1.86 bits per heavy atom. The monoisotopic (exact) mass is 100 g/mol. The summed E-state index contributed by atoms with van der Waals surface area (Å²) in [5, 5.41) is 2.95. The Balaban J connectivity index is 2.99. The van der Waals surface area contributed by atoms with Crippen molar-refractivity contribution in [2.75, 3.05) is 0 Å². The maximum atomic E-state index is 3.58. The van der Waals surface area contributed by atoms with Gasteiger partial charge in [0.15, 0.2) is 0 Å². The first kappa shape index (κ1) is 6.96. The Morgan fingerprint density at radius 1 is 1.43 bits per heavy atom. The van der Waals surface area contributed by atoms with Crippen molar-refractivity contribution in [2.24, 2.45) is 0 Å². The number of hydrogen-bond acceptors (Lipinski definition) is 1. The van der Waals surface area contributed by atoms with Gasteiger partial charge in [-0.05, 0) is 12.8 Å². The SMILES string of the molecule is [CH2]NC(CC)CC. The maximum absolute atomic E-state index is 3.58. The molecule has 0 saturated carbocycles. The molecule has 1 radical (unpaired) electrons. The van der Waals surface area contributed by atoms with Crippen molar-refractivity contribution in [2.45, 2.75) is 32.7 Å². The van der Waals surface area contributed by atoms with Crippen LogP contribution in [0.1, 0.15) is 26.7 Å². The topological polar surface area (TPSA) is 12.0 Å². The van der Waals surface area contributed by atoms with Crippen LogP contribution in [0.5, 0.6) is 0 Å². The Bertz CT molecular complexity index is 25.7. The van der Waals surface area contributed by atoms with Gasteiger partial charge in [-0.3, -0.25) is 0 Å². The third-order valence-corrected chi connectivity index (χ3v) is 1.27. The highest BCUT2D eigenvalue weighted by Gasteiger charge is 1.94. The average Bonchev–Trinajstić information content (AvgIpc) is 1.72. The fourth-order valence-electron chi connectivity index (χ4n) is 0.577. The van der Waals surface area contributed by atoms with E-state index in [0.29, 0.717) is 6.04 Å². The van der Waals surface area contributed by atoms with Gasteiger partial charge in [0.05, 0.1) is 0 Å². The number of hydrogen-bond donors (Lipinski definition) is 1. The Hall–Kier alpha value is -0.0400. The zero-order chi connectivity index (χ0) is 5.70. The second-order valence-electron chi connectivity index (χ2n) is 1.72. The van der Waals surface area contributed by atoms with E-state index in [9.17, 15) is 0 Å². The molecule has 0 aliphatic heterocycles. The molecule has 1 N–H and O–H groups in total. The largest absolute Gasteiger partial charge is 0.313 e. The minimum Gasteiger partial charge on any atom is -0.313 e. The van der Waals surface area contributed by atoms with Crippen LogP contribution in [0.3, 0.4) is 0 Å². The summed E-state index contributed by atoms with van der Waals surface area (Å²) in [5.74, 6) is 0. The first-order chi connectivity index (χ1) is 3.35. The molecule has 7 heavy (non-hydrogen) atoms. The third kappa shape index (κ3) is 2.63. The molecule has 0 amide bonds. The van der Waals surface area contributed by atoms with Gasteiger partial charge >= 0.3 is 0 Å². The normalized spacial score (nSPS) is 10.3. The van der Waals surface area contributed by atoms with E-state index in [0.717, 1.165) is 0 Å². The van der Waals surface area contributed by atoms with Gasteiger partial charge in [-0.15, -0.1) is 0 Å². The van der Waals surface area contributed by atoms with E-state index in [1.54, 1.807) is 0 Å². The molecule has 0 atom stereocenters. The second kappa shape index (κ2) is 4.13. The van der Waals surface area contributed by atoms with Gasteiger partial charge < -0.3 is 5.32 Å². The molecule has 0 aromatic rings. The molecule has 0 bridgehead atoms. The van der Waals surface area contributed by atoms with Crippen LogP contribution in [0.15, 0.2) is 0 Å². The minimum absolute atomic E-state index is 0.625. The van der Waals surface area contributed by atoms with E-state index in [1.165, 1.54) is 12.8 Å². The van der Waals surface area contributed by atoms with Gasteiger partial charge in [0, 0.05) is 13.1 Å². The summed E-state index contributed by atoms with van der Waals surface area (Å²) in [6.45, 7) is 4.32. The van der Waals surface area contributed by atoms with Crippen molar-refractivity contribution in [3.8, 4) is 0 Å². The first-order valence-electron chi connectivity index (χ1n) is 2.87. The van der Waals surface area contributed by atoms with E-state index in [2.05, 4.69) is 26.2 Å². The summed E-state index contributed by atoms with van der Waals surface area (Å²) in [6.07, 6.45) is 2.36. The van der Waals surface area contributed by atoms with E-state index >= 15 is 0 Å². The Morgan fingerprint density at radius 2 is 1.86 bits per heavy atom. The highest BCUT2D eigenvalue weighted by atomic mass is 14.9. The molecule has 0 aliphatic carbocycles. The molecular weight excluding hydrogens is 86.1 g/mol. The van der Waals surface area contributed by atoms with Gasteiger partial charge in [0.2, 0.25) is 0 Å². The van der Waals surface area contributed by atoms with E-state index in [-0.39, 0.29) is 0 Å². The summed E-state index contributed by atoms with van der Waals surface area (Å²) < 4.78 is 0. The van der Waals surface area contributed by atoms with Gasteiger partial charge in [-0.25, -0.2) is 0 Å². The van der Waals surface area contributed by atoms with Crippen LogP contribution in [0.25, 0.3) is 0 Å². The highest BCUT2D eigenvalue weighted by Crippen LogP contribution is 1.92.